The molecule has 0 aliphatic carbocycles. The van der Waals surface area contributed by atoms with Crippen LogP contribution in [0.5, 0.6) is 0 Å². The van der Waals surface area contributed by atoms with Crippen molar-refractivity contribution in [3.8, 4) is 0 Å². The average molecular weight is 373 g/mol. The van der Waals surface area contributed by atoms with Crippen LogP contribution in [-0.4, -0.2) is 48.0 Å². The van der Waals surface area contributed by atoms with Gasteiger partial charge in [-0.25, -0.2) is 9.78 Å². The lowest BCUT2D eigenvalue weighted by Gasteiger charge is -2.12. The summed E-state index contributed by atoms with van der Waals surface area (Å²) in [6.07, 6.45) is 0.0709. The number of pyridine rings is 1. The van der Waals surface area contributed by atoms with E-state index in [0.717, 1.165) is 6.42 Å². The van der Waals surface area contributed by atoms with Crippen molar-refractivity contribution in [1.82, 2.24) is 15.6 Å². The van der Waals surface area contributed by atoms with Crippen molar-refractivity contribution in [2.45, 2.75) is 19.4 Å². The molecule has 1 aliphatic heterocycles. The molecule has 10 heteroatoms. The lowest BCUT2D eigenvalue weighted by atomic mass is 10.2. The Kier molecular flexibility index (Phi) is 6.71. The third-order valence-electron chi connectivity index (χ3n) is 3.02. The molecule has 0 radical (unpaired) electrons. The van der Waals surface area contributed by atoms with Crippen molar-refractivity contribution < 1.29 is 19.1 Å². The lowest BCUT2D eigenvalue weighted by Crippen LogP contribution is -2.36. The van der Waals surface area contributed by atoms with Crippen LogP contribution in [0.4, 0.5) is 10.6 Å². The maximum absolute atomic E-state index is 12.2. The van der Waals surface area contributed by atoms with Gasteiger partial charge >= 0.3 is 6.09 Å². The van der Waals surface area contributed by atoms with Gasteiger partial charge in [-0.05, 0) is 37.7 Å². The number of nitrogens with zero attached hydrogens (tertiary/aromatic N) is 1. The average Bonchev–Trinajstić information content (AvgIpc) is 2.99. The van der Waals surface area contributed by atoms with Gasteiger partial charge in [-0.1, -0.05) is 11.6 Å². The predicted molar refractivity (Wildman–Crippen MR) is 92.3 cm³/mol. The second-order valence-electron chi connectivity index (χ2n) is 4.89. The van der Waals surface area contributed by atoms with Gasteiger partial charge in [0.25, 0.3) is 5.91 Å². The first-order valence-corrected chi connectivity index (χ1v) is 8.07. The fraction of sp³-hybridized carbons (Fsp3) is 0.429. The normalized spacial score (nSPS) is 16.3. The molecule has 2 rings (SSSR count). The number of carbonyl (C=O) groups is 2. The maximum Gasteiger partial charge on any atom is 0.413 e. The Labute approximate surface area is 149 Å². The summed E-state index contributed by atoms with van der Waals surface area (Å²) < 4.78 is 9.92. The second-order valence-corrected chi connectivity index (χ2v) is 5.73. The Balaban J connectivity index is 2.00. The molecule has 1 unspecified atom stereocenters. The van der Waals surface area contributed by atoms with E-state index in [2.05, 4.69) is 20.9 Å². The summed E-state index contributed by atoms with van der Waals surface area (Å²) >= 11 is 11.0. The molecule has 1 fully saturated rings. The highest BCUT2D eigenvalue weighted by Gasteiger charge is 2.20. The van der Waals surface area contributed by atoms with E-state index in [-0.39, 0.29) is 35.2 Å². The van der Waals surface area contributed by atoms with Crippen LogP contribution in [0.2, 0.25) is 5.02 Å². The fourth-order valence-electron chi connectivity index (χ4n) is 1.99. The molecule has 3 N–H and O–H groups in total. The third-order valence-corrected chi connectivity index (χ3v) is 3.44. The molecule has 1 aromatic rings. The summed E-state index contributed by atoms with van der Waals surface area (Å²) in [6, 6.07) is 2.89. The quantitative estimate of drug-likeness (QED) is 0.691. The monoisotopic (exact) mass is 372 g/mol. The zero-order chi connectivity index (χ0) is 17.5. The SMILES string of the molecule is CCOC(=O)NC(=S)Nc1cc(Cl)cc(C(=O)NC2CCOC2)n1. The summed E-state index contributed by atoms with van der Waals surface area (Å²) in [6.45, 7) is 2.99. The van der Waals surface area contributed by atoms with Crippen LogP contribution < -0.4 is 16.0 Å². The molecule has 1 aliphatic rings. The maximum atomic E-state index is 12.2. The smallest absolute Gasteiger partial charge is 0.413 e. The number of anilines is 1. The minimum Gasteiger partial charge on any atom is -0.450 e. The number of hydrogen-bond acceptors (Lipinski definition) is 6. The second kappa shape index (κ2) is 8.76. The minimum atomic E-state index is -0.684. The van der Waals surface area contributed by atoms with Crippen LogP contribution in [0.25, 0.3) is 0 Å². The van der Waals surface area contributed by atoms with Crippen molar-refractivity contribution in [1.29, 1.82) is 0 Å². The van der Waals surface area contributed by atoms with E-state index >= 15 is 0 Å². The minimum absolute atomic E-state index is 0.0150. The number of aromatic nitrogens is 1. The summed E-state index contributed by atoms with van der Waals surface area (Å²) in [5, 5.41) is 8.10. The summed E-state index contributed by atoms with van der Waals surface area (Å²) in [7, 11) is 0. The molecule has 0 spiro atoms. The molecule has 8 nitrogen and oxygen atoms in total. The molecule has 1 aromatic heterocycles. The topological polar surface area (TPSA) is 102 Å². The van der Waals surface area contributed by atoms with Crippen LogP contribution in [0.15, 0.2) is 12.1 Å². The van der Waals surface area contributed by atoms with E-state index < -0.39 is 6.09 Å². The largest absolute Gasteiger partial charge is 0.450 e. The Morgan fingerprint density at radius 1 is 1.50 bits per heavy atom. The van der Waals surface area contributed by atoms with Gasteiger partial charge in [0.2, 0.25) is 0 Å². The number of ether oxygens (including phenoxy) is 2. The summed E-state index contributed by atoms with van der Waals surface area (Å²) in [5.41, 5.74) is 0.135. The van der Waals surface area contributed by atoms with E-state index in [4.69, 9.17) is 33.3 Å². The van der Waals surface area contributed by atoms with Crippen LogP contribution in [0.1, 0.15) is 23.8 Å². The van der Waals surface area contributed by atoms with E-state index in [1.807, 2.05) is 0 Å². The van der Waals surface area contributed by atoms with E-state index in [1.165, 1.54) is 12.1 Å². The Morgan fingerprint density at radius 2 is 2.29 bits per heavy atom. The number of hydrogen-bond donors (Lipinski definition) is 3. The van der Waals surface area contributed by atoms with Crippen LogP contribution >= 0.6 is 23.8 Å². The third kappa shape index (κ3) is 5.59. The molecule has 1 saturated heterocycles. The van der Waals surface area contributed by atoms with Gasteiger partial charge in [-0.15, -0.1) is 0 Å². The number of amides is 2. The highest BCUT2D eigenvalue weighted by Crippen LogP contribution is 2.16. The predicted octanol–water partition coefficient (Wildman–Crippen LogP) is 1.70. The first kappa shape index (κ1) is 18.4. The number of thiocarbonyl (C=S) groups is 1. The van der Waals surface area contributed by atoms with Crippen molar-refractivity contribution in [3.05, 3.63) is 22.8 Å². The number of halogens is 1. The van der Waals surface area contributed by atoms with Crippen molar-refractivity contribution in [2.24, 2.45) is 0 Å². The van der Waals surface area contributed by atoms with Crippen LogP contribution in [0, 0.1) is 0 Å². The summed E-state index contributed by atoms with van der Waals surface area (Å²) in [5.74, 6) is -0.127. The van der Waals surface area contributed by atoms with Crippen molar-refractivity contribution >= 4 is 46.7 Å². The van der Waals surface area contributed by atoms with Gasteiger partial charge in [-0.2, -0.15) is 0 Å². The molecule has 0 bridgehead atoms. The first-order valence-electron chi connectivity index (χ1n) is 7.29. The van der Waals surface area contributed by atoms with E-state index in [9.17, 15) is 9.59 Å². The molecular formula is C14H17ClN4O4S. The molecule has 0 aromatic carbocycles. The molecule has 2 heterocycles. The molecule has 0 saturated carbocycles. The molecule has 130 valence electrons. The highest BCUT2D eigenvalue weighted by molar-refractivity contribution is 7.80. The van der Waals surface area contributed by atoms with E-state index in [0.29, 0.717) is 18.2 Å². The lowest BCUT2D eigenvalue weighted by molar-refractivity contribution is 0.0925. The molecular weight excluding hydrogens is 356 g/mol. The number of carbonyl (C=O) groups excluding carboxylic acids is 2. The highest BCUT2D eigenvalue weighted by atomic mass is 35.5. The molecule has 1 atom stereocenters. The van der Waals surface area contributed by atoms with Gasteiger partial charge in [0, 0.05) is 11.6 Å². The van der Waals surface area contributed by atoms with Crippen LogP contribution in [-0.2, 0) is 9.47 Å². The van der Waals surface area contributed by atoms with E-state index in [1.54, 1.807) is 6.92 Å². The van der Waals surface area contributed by atoms with Crippen molar-refractivity contribution in [3.63, 3.8) is 0 Å². The molecule has 24 heavy (non-hydrogen) atoms. The zero-order valence-electron chi connectivity index (χ0n) is 12.9. The number of rotatable bonds is 4. The number of nitrogens with one attached hydrogen (secondary N) is 3. The van der Waals surface area contributed by atoms with Gasteiger partial charge in [0.05, 0.1) is 19.3 Å². The van der Waals surface area contributed by atoms with Gasteiger partial charge in [0.15, 0.2) is 5.11 Å². The van der Waals surface area contributed by atoms with Crippen molar-refractivity contribution in [2.75, 3.05) is 25.1 Å². The zero-order valence-corrected chi connectivity index (χ0v) is 14.5. The number of alkyl carbamates (subject to hydrolysis) is 1. The Morgan fingerprint density at radius 3 is 2.96 bits per heavy atom. The van der Waals surface area contributed by atoms with Gasteiger partial charge in [-0.3, -0.25) is 10.1 Å². The molecule has 2 amide bonds. The standard InChI is InChI=1S/C14H17ClN4O4S/c1-2-23-14(21)19-13(24)18-11-6-8(15)5-10(17-11)12(20)16-9-3-4-22-7-9/h5-6,9H,2-4,7H2,1H3,(H,16,20)(H2,17,18,19,21,24). The first-order chi connectivity index (χ1) is 11.5. The fourth-order valence-corrected chi connectivity index (χ4v) is 2.39. The Hall–Kier alpha value is -1.97. The van der Waals surface area contributed by atoms with Gasteiger partial charge in [0.1, 0.15) is 11.5 Å². The van der Waals surface area contributed by atoms with Crippen LogP contribution in [0.3, 0.4) is 0 Å². The summed E-state index contributed by atoms with van der Waals surface area (Å²) in [4.78, 5) is 27.7. The van der Waals surface area contributed by atoms with Gasteiger partial charge < -0.3 is 20.1 Å². The Bertz CT molecular complexity index is 637.